The van der Waals surface area contributed by atoms with Crippen LogP contribution in [0.3, 0.4) is 0 Å². The number of phenolic OH excluding ortho intramolecular Hbond substituents is 1. The van der Waals surface area contributed by atoms with Crippen LogP contribution in [0.5, 0.6) is 5.75 Å². The second kappa shape index (κ2) is 4.76. The van der Waals surface area contributed by atoms with E-state index >= 15 is 0 Å². The van der Waals surface area contributed by atoms with Gasteiger partial charge in [0.1, 0.15) is 5.75 Å². The maximum Gasteiger partial charge on any atom is 0.416 e. The molecular formula is C14H9F3O2. The van der Waals surface area contributed by atoms with E-state index in [1.807, 2.05) is 0 Å². The predicted molar refractivity (Wildman–Crippen MR) is 63.9 cm³/mol. The Morgan fingerprint density at radius 1 is 1.05 bits per heavy atom. The highest BCUT2D eigenvalue weighted by Gasteiger charge is 2.30. The monoisotopic (exact) mass is 266 g/mol. The summed E-state index contributed by atoms with van der Waals surface area (Å²) in [5.41, 5.74) is -0.442. The van der Waals surface area contributed by atoms with Crippen LogP contribution in [0.4, 0.5) is 13.2 Å². The molecule has 0 atom stereocenters. The molecule has 0 aliphatic carbocycles. The first kappa shape index (κ1) is 13.1. The summed E-state index contributed by atoms with van der Waals surface area (Å²) in [5, 5.41) is 9.73. The van der Waals surface area contributed by atoms with Crippen molar-refractivity contribution in [3.8, 4) is 16.9 Å². The van der Waals surface area contributed by atoms with E-state index in [0.717, 1.165) is 12.1 Å². The molecule has 0 heterocycles. The molecule has 98 valence electrons. The molecule has 2 rings (SSSR count). The number of benzene rings is 2. The zero-order valence-corrected chi connectivity index (χ0v) is 9.61. The van der Waals surface area contributed by atoms with E-state index in [9.17, 15) is 23.1 Å². The first-order chi connectivity index (χ1) is 8.93. The van der Waals surface area contributed by atoms with Crippen LogP contribution >= 0.6 is 0 Å². The number of aromatic hydroxyl groups is 1. The number of aldehydes is 1. The lowest BCUT2D eigenvalue weighted by atomic mass is 9.97. The number of phenols is 1. The molecule has 0 saturated carbocycles. The number of rotatable bonds is 2. The Bertz CT molecular complexity index is 618. The lowest BCUT2D eigenvalue weighted by molar-refractivity contribution is -0.137. The van der Waals surface area contributed by atoms with Gasteiger partial charge in [-0.25, -0.2) is 0 Å². The molecule has 5 heteroatoms. The van der Waals surface area contributed by atoms with Crippen molar-refractivity contribution < 1.29 is 23.1 Å². The Kier molecular flexibility index (Phi) is 3.29. The molecule has 0 fully saturated rings. The van der Waals surface area contributed by atoms with Crippen LogP contribution in [0, 0.1) is 0 Å². The lowest BCUT2D eigenvalue weighted by Crippen LogP contribution is -2.04. The minimum Gasteiger partial charge on any atom is -0.507 e. The molecule has 2 nitrogen and oxygen atoms in total. The van der Waals surface area contributed by atoms with E-state index in [-0.39, 0.29) is 22.4 Å². The Balaban J connectivity index is 2.63. The van der Waals surface area contributed by atoms with Gasteiger partial charge in [-0.15, -0.1) is 0 Å². The minimum absolute atomic E-state index is 0.101. The molecule has 2 aromatic rings. The summed E-state index contributed by atoms with van der Waals surface area (Å²) in [6, 6.07) is 8.70. The summed E-state index contributed by atoms with van der Waals surface area (Å²) in [5.74, 6) is -0.232. The molecule has 0 aliphatic rings. The second-order valence-corrected chi connectivity index (χ2v) is 3.94. The zero-order chi connectivity index (χ0) is 14.0. The maximum atomic E-state index is 12.6. The van der Waals surface area contributed by atoms with Gasteiger partial charge in [0.15, 0.2) is 6.29 Å². The lowest BCUT2D eigenvalue weighted by Gasteiger charge is -2.11. The van der Waals surface area contributed by atoms with E-state index < -0.39 is 11.7 Å². The maximum absolute atomic E-state index is 12.6. The molecule has 0 spiro atoms. The van der Waals surface area contributed by atoms with Crippen LogP contribution < -0.4 is 0 Å². The highest BCUT2D eigenvalue weighted by Crippen LogP contribution is 2.36. The van der Waals surface area contributed by atoms with Crippen molar-refractivity contribution in [3.63, 3.8) is 0 Å². The van der Waals surface area contributed by atoms with Crippen molar-refractivity contribution in [1.29, 1.82) is 0 Å². The van der Waals surface area contributed by atoms with E-state index in [0.29, 0.717) is 6.29 Å². The van der Waals surface area contributed by atoms with Crippen LogP contribution in [0.2, 0.25) is 0 Å². The van der Waals surface area contributed by atoms with Gasteiger partial charge < -0.3 is 5.11 Å². The molecule has 0 radical (unpaired) electrons. The molecular weight excluding hydrogens is 257 g/mol. The van der Waals surface area contributed by atoms with Gasteiger partial charge in [-0.05, 0) is 23.8 Å². The molecule has 0 aromatic heterocycles. The second-order valence-electron chi connectivity index (χ2n) is 3.94. The van der Waals surface area contributed by atoms with E-state index in [4.69, 9.17) is 0 Å². The van der Waals surface area contributed by atoms with Gasteiger partial charge in [0.25, 0.3) is 0 Å². The van der Waals surface area contributed by atoms with Gasteiger partial charge in [-0.2, -0.15) is 13.2 Å². The molecule has 0 aliphatic heterocycles. The minimum atomic E-state index is -4.47. The number of alkyl halides is 3. The van der Waals surface area contributed by atoms with Gasteiger partial charge in [0, 0.05) is 11.1 Å². The molecule has 0 amide bonds. The van der Waals surface area contributed by atoms with Crippen LogP contribution in [0.25, 0.3) is 11.1 Å². The number of carbonyl (C=O) groups is 1. The summed E-state index contributed by atoms with van der Waals surface area (Å²) in [4.78, 5) is 10.9. The summed E-state index contributed by atoms with van der Waals surface area (Å²) in [7, 11) is 0. The largest absolute Gasteiger partial charge is 0.507 e. The quantitative estimate of drug-likeness (QED) is 0.837. The molecule has 0 bridgehead atoms. The third-order valence-electron chi connectivity index (χ3n) is 2.68. The van der Waals surface area contributed by atoms with Crippen molar-refractivity contribution in [2.45, 2.75) is 6.18 Å². The fourth-order valence-corrected chi connectivity index (χ4v) is 1.82. The van der Waals surface area contributed by atoms with E-state index in [2.05, 4.69) is 0 Å². The fourth-order valence-electron chi connectivity index (χ4n) is 1.82. The Morgan fingerprint density at radius 2 is 1.74 bits per heavy atom. The van der Waals surface area contributed by atoms with Crippen molar-refractivity contribution in [3.05, 3.63) is 53.6 Å². The number of hydrogen-bond acceptors (Lipinski definition) is 2. The van der Waals surface area contributed by atoms with Crippen LogP contribution in [-0.2, 0) is 6.18 Å². The van der Waals surface area contributed by atoms with Crippen molar-refractivity contribution >= 4 is 6.29 Å². The summed E-state index contributed by atoms with van der Waals surface area (Å²) >= 11 is 0. The highest BCUT2D eigenvalue weighted by atomic mass is 19.4. The SMILES string of the molecule is O=Cc1cccc(O)c1-c1cccc(C(F)(F)F)c1. The van der Waals surface area contributed by atoms with Crippen LogP contribution in [0.1, 0.15) is 15.9 Å². The van der Waals surface area contributed by atoms with Crippen LogP contribution in [0.15, 0.2) is 42.5 Å². The Labute approximate surface area is 107 Å². The average molecular weight is 266 g/mol. The molecule has 19 heavy (non-hydrogen) atoms. The van der Waals surface area contributed by atoms with Crippen molar-refractivity contribution in [1.82, 2.24) is 0 Å². The molecule has 2 aromatic carbocycles. The third kappa shape index (κ3) is 2.59. The predicted octanol–water partition coefficient (Wildman–Crippen LogP) is 3.89. The number of halogens is 3. The van der Waals surface area contributed by atoms with Crippen molar-refractivity contribution in [2.24, 2.45) is 0 Å². The zero-order valence-electron chi connectivity index (χ0n) is 9.61. The molecule has 0 saturated heterocycles. The van der Waals surface area contributed by atoms with Crippen LogP contribution in [-0.4, -0.2) is 11.4 Å². The van der Waals surface area contributed by atoms with Gasteiger partial charge in [0.05, 0.1) is 5.56 Å². The summed E-state index contributed by atoms with van der Waals surface area (Å²) < 4.78 is 37.9. The van der Waals surface area contributed by atoms with E-state index in [1.165, 1.54) is 30.3 Å². The van der Waals surface area contributed by atoms with E-state index in [1.54, 1.807) is 0 Å². The van der Waals surface area contributed by atoms with Crippen molar-refractivity contribution in [2.75, 3.05) is 0 Å². The molecule has 1 N–H and O–H groups in total. The summed E-state index contributed by atoms with van der Waals surface area (Å²) in [6.45, 7) is 0. The Hall–Kier alpha value is -2.30. The topological polar surface area (TPSA) is 37.3 Å². The molecule has 0 unspecified atom stereocenters. The Morgan fingerprint density at radius 3 is 2.37 bits per heavy atom. The van der Waals surface area contributed by atoms with Gasteiger partial charge >= 0.3 is 6.18 Å². The van der Waals surface area contributed by atoms with Gasteiger partial charge in [0.2, 0.25) is 0 Å². The first-order valence-corrected chi connectivity index (χ1v) is 5.38. The third-order valence-corrected chi connectivity index (χ3v) is 2.68. The van der Waals surface area contributed by atoms with Gasteiger partial charge in [-0.3, -0.25) is 4.79 Å². The number of hydrogen-bond donors (Lipinski definition) is 1. The standard InChI is InChI=1S/C14H9F3O2/c15-14(16,17)11-5-1-3-9(7-11)13-10(8-18)4-2-6-12(13)19/h1-8,19H. The summed E-state index contributed by atoms with van der Waals surface area (Å²) in [6.07, 6.45) is -3.98. The number of carbonyl (C=O) groups excluding carboxylic acids is 1. The average Bonchev–Trinajstić information content (AvgIpc) is 2.37. The smallest absolute Gasteiger partial charge is 0.416 e. The van der Waals surface area contributed by atoms with Gasteiger partial charge in [-0.1, -0.05) is 24.3 Å². The highest BCUT2D eigenvalue weighted by molar-refractivity contribution is 5.90. The first-order valence-electron chi connectivity index (χ1n) is 5.38. The fraction of sp³-hybridized carbons (Fsp3) is 0.0714. The normalized spacial score (nSPS) is 11.3.